The number of ether oxygens (including phenoxy) is 1. The lowest BCUT2D eigenvalue weighted by Crippen LogP contribution is -2.45. The van der Waals surface area contributed by atoms with E-state index < -0.39 is 0 Å². The SMILES string of the molecule is CCC(NC(=O)N1CCC(c2nc3ccccc3o2)CC1)c1ccc(OC)cc1. The number of oxazole rings is 1. The summed E-state index contributed by atoms with van der Waals surface area (Å²) in [5.41, 5.74) is 2.81. The molecule has 1 fully saturated rings. The van der Waals surface area contributed by atoms with E-state index in [0.29, 0.717) is 13.1 Å². The first kappa shape index (κ1) is 19.3. The Hall–Kier alpha value is -3.02. The molecule has 4 rings (SSSR count). The van der Waals surface area contributed by atoms with E-state index in [4.69, 9.17) is 9.15 Å². The third-order valence-corrected chi connectivity index (χ3v) is 5.67. The van der Waals surface area contributed by atoms with Crippen LogP contribution in [0.3, 0.4) is 0 Å². The molecule has 2 amide bonds. The molecule has 0 radical (unpaired) electrons. The van der Waals surface area contributed by atoms with E-state index in [1.807, 2.05) is 53.4 Å². The third-order valence-electron chi connectivity index (χ3n) is 5.67. The van der Waals surface area contributed by atoms with E-state index in [1.165, 1.54) is 0 Å². The summed E-state index contributed by atoms with van der Waals surface area (Å²) in [5.74, 6) is 1.86. The normalized spacial score (nSPS) is 16.0. The number of hydrogen-bond acceptors (Lipinski definition) is 4. The maximum absolute atomic E-state index is 12.8. The molecule has 3 aromatic rings. The van der Waals surface area contributed by atoms with Crippen molar-refractivity contribution in [1.82, 2.24) is 15.2 Å². The standard InChI is InChI=1S/C23H27N3O3/c1-3-19(16-8-10-18(28-2)11-9-16)25-23(27)26-14-12-17(13-15-26)22-24-20-6-4-5-7-21(20)29-22/h4-11,17,19H,3,12-15H2,1-2H3,(H,25,27). The second kappa shape index (κ2) is 8.55. The second-order valence-corrected chi connectivity index (χ2v) is 7.46. The molecule has 0 aliphatic carbocycles. The summed E-state index contributed by atoms with van der Waals surface area (Å²) in [6, 6.07) is 15.7. The van der Waals surface area contributed by atoms with E-state index in [9.17, 15) is 4.79 Å². The number of para-hydroxylation sites is 2. The summed E-state index contributed by atoms with van der Waals surface area (Å²) in [4.78, 5) is 19.3. The highest BCUT2D eigenvalue weighted by Gasteiger charge is 2.28. The fraction of sp³-hybridized carbons (Fsp3) is 0.391. The predicted octanol–water partition coefficient (Wildman–Crippen LogP) is 4.88. The smallest absolute Gasteiger partial charge is 0.317 e. The van der Waals surface area contributed by atoms with E-state index in [2.05, 4.69) is 17.2 Å². The first-order valence-electron chi connectivity index (χ1n) is 10.2. The molecular weight excluding hydrogens is 366 g/mol. The number of amides is 2. The molecule has 152 valence electrons. The molecule has 1 saturated heterocycles. The molecule has 2 aromatic carbocycles. The molecule has 1 N–H and O–H groups in total. The van der Waals surface area contributed by atoms with Gasteiger partial charge >= 0.3 is 6.03 Å². The van der Waals surface area contributed by atoms with Gasteiger partial charge in [-0.2, -0.15) is 0 Å². The van der Waals surface area contributed by atoms with Crippen molar-refractivity contribution in [1.29, 1.82) is 0 Å². The summed E-state index contributed by atoms with van der Waals surface area (Å²) in [6.45, 7) is 3.48. The summed E-state index contributed by atoms with van der Waals surface area (Å²) in [6.07, 6.45) is 2.55. The average molecular weight is 393 g/mol. The molecule has 1 aromatic heterocycles. The first-order chi connectivity index (χ1) is 14.2. The molecule has 1 aliphatic rings. The zero-order valence-electron chi connectivity index (χ0n) is 16.9. The van der Waals surface area contributed by atoms with Crippen LogP contribution in [0.15, 0.2) is 52.9 Å². The number of benzene rings is 2. The van der Waals surface area contributed by atoms with Gasteiger partial charge in [-0.05, 0) is 49.1 Å². The van der Waals surface area contributed by atoms with Crippen molar-refractivity contribution in [3.8, 4) is 5.75 Å². The van der Waals surface area contributed by atoms with Crippen LogP contribution < -0.4 is 10.1 Å². The van der Waals surface area contributed by atoms with Crippen molar-refractivity contribution in [2.45, 2.75) is 38.1 Å². The zero-order chi connectivity index (χ0) is 20.2. The number of rotatable bonds is 5. The Balaban J connectivity index is 1.35. The van der Waals surface area contributed by atoms with Gasteiger partial charge in [0.1, 0.15) is 11.3 Å². The van der Waals surface area contributed by atoms with Crippen LogP contribution >= 0.6 is 0 Å². The molecule has 0 saturated carbocycles. The minimum Gasteiger partial charge on any atom is -0.497 e. The van der Waals surface area contributed by atoms with Crippen molar-refractivity contribution >= 4 is 17.1 Å². The number of fused-ring (bicyclic) bond motifs is 1. The number of aromatic nitrogens is 1. The number of hydrogen-bond donors (Lipinski definition) is 1. The number of carbonyl (C=O) groups is 1. The zero-order valence-corrected chi connectivity index (χ0v) is 16.9. The number of nitrogens with one attached hydrogen (secondary N) is 1. The highest BCUT2D eigenvalue weighted by atomic mass is 16.5. The topological polar surface area (TPSA) is 67.6 Å². The minimum absolute atomic E-state index is 0.0105. The second-order valence-electron chi connectivity index (χ2n) is 7.46. The molecule has 6 heteroatoms. The molecule has 29 heavy (non-hydrogen) atoms. The molecule has 1 unspecified atom stereocenters. The van der Waals surface area contributed by atoms with Crippen molar-refractivity contribution < 1.29 is 13.9 Å². The Labute approximate surface area is 170 Å². The number of nitrogens with zero attached hydrogens (tertiary/aromatic N) is 2. The summed E-state index contributed by atoms with van der Waals surface area (Å²) in [5, 5.41) is 3.17. The number of urea groups is 1. The summed E-state index contributed by atoms with van der Waals surface area (Å²) < 4.78 is 11.1. The van der Waals surface area contributed by atoms with E-state index in [-0.39, 0.29) is 18.0 Å². The van der Waals surface area contributed by atoms with Crippen LogP contribution in [-0.2, 0) is 0 Å². The Morgan fingerprint density at radius 3 is 2.59 bits per heavy atom. The van der Waals surface area contributed by atoms with Crippen molar-refractivity contribution in [2.75, 3.05) is 20.2 Å². The number of likely N-dealkylation sites (tertiary alicyclic amines) is 1. The van der Waals surface area contributed by atoms with Crippen LogP contribution in [-0.4, -0.2) is 36.1 Å². The van der Waals surface area contributed by atoms with Crippen LogP contribution in [0.25, 0.3) is 11.1 Å². The van der Waals surface area contributed by atoms with Crippen LogP contribution in [0.4, 0.5) is 4.79 Å². The van der Waals surface area contributed by atoms with Gasteiger partial charge in [0.15, 0.2) is 11.5 Å². The minimum atomic E-state index is -0.0110. The molecule has 2 heterocycles. The van der Waals surface area contributed by atoms with Gasteiger partial charge in [0.2, 0.25) is 0 Å². The van der Waals surface area contributed by atoms with Gasteiger partial charge in [0.05, 0.1) is 13.2 Å². The Morgan fingerprint density at radius 2 is 1.93 bits per heavy atom. The van der Waals surface area contributed by atoms with E-state index in [0.717, 1.165) is 47.6 Å². The Kier molecular flexibility index (Phi) is 5.69. The first-order valence-corrected chi connectivity index (χ1v) is 10.2. The van der Waals surface area contributed by atoms with Gasteiger partial charge < -0.3 is 19.4 Å². The number of methoxy groups -OCH3 is 1. The maximum atomic E-state index is 12.8. The van der Waals surface area contributed by atoms with Gasteiger partial charge in [0.25, 0.3) is 0 Å². The van der Waals surface area contributed by atoms with Crippen molar-refractivity contribution in [2.24, 2.45) is 0 Å². The molecule has 1 atom stereocenters. The lowest BCUT2D eigenvalue weighted by atomic mass is 9.97. The number of piperidine rings is 1. The highest BCUT2D eigenvalue weighted by Crippen LogP contribution is 2.30. The Morgan fingerprint density at radius 1 is 1.21 bits per heavy atom. The molecule has 6 nitrogen and oxygen atoms in total. The lowest BCUT2D eigenvalue weighted by molar-refractivity contribution is 0.173. The predicted molar refractivity (Wildman–Crippen MR) is 112 cm³/mol. The van der Waals surface area contributed by atoms with Crippen molar-refractivity contribution in [3.63, 3.8) is 0 Å². The van der Waals surface area contributed by atoms with E-state index >= 15 is 0 Å². The summed E-state index contributed by atoms with van der Waals surface area (Å²) in [7, 11) is 1.65. The molecule has 0 bridgehead atoms. The van der Waals surface area contributed by atoms with Crippen LogP contribution in [0.5, 0.6) is 5.75 Å². The van der Waals surface area contributed by atoms with Crippen LogP contribution in [0.1, 0.15) is 49.6 Å². The monoisotopic (exact) mass is 393 g/mol. The molecular formula is C23H27N3O3. The quantitative estimate of drug-likeness (QED) is 0.671. The Bertz CT molecular complexity index is 926. The lowest BCUT2D eigenvalue weighted by Gasteiger charge is -2.32. The maximum Gasteiger partial charge on any atom is 0.317 e. The van der Waals surface area contributed by atoms with E-state index in [1.54, 1.807) is 7.11 Å². The average Bonchev–Trinajstić information content (AvgIpc) is 3.22. The molecule has 0 spiro atoms. The van der Waals surface area contributed by atoms with Gasteiger partial charge in [-0.3, -0.25) is 0 Å². The van der Waals surface area contributed by atoms with Gasteiger partial charge in [-0.15, -0.1) is 0 Å². The van der Waals surface area contributed by atoms with Gasteiger partial charge in [-0.25, -0.2) is 9.78 Å². The van der Waals surface area contributed by atoms with Gasteiger partial charge in [-0.1, -0.05) is 31.2 Å². The fourth-order valence-electron chi connectivity index (χ4n) is 3.89. The van der Waals surface area contributed by atoms with Crippen molar-refractivity contribution in [3.05, 3.63) is 60.0 Å². The highest BCUT2D eigenvalue weighted by molar-refractivity contribution is 5.75. The molecule has 1 aliphatic heterocycles. The third kappa shape index (κ3) is 4.21. The van der Waals surface area contributed by atoms with Crippen LogP contribution in [0, 0.1) is 0 Å². The van der Waals surface area contributed by atoms with Gasteiger partial charge in [0, 0.05) is 19.0 Å². The fourth-order valence-corrected chi connectivity index (χ4v) is 3.89. The number of carbonyl (C=O) groups excluding carboxylic acids is 1. The largest absolute Gasteiger partial charge is 0.497 e. The van der Waals surface area contributed by atoms with Crippen LogP contribution in [0.2, 0.25) is 0 Å². The summed E-state index contributed by atoms with van der Waals surface area (Å²) >= 11 is 0.